The van der Waals surface area contributed by atoms with E-state index in [9.17, 15) is 12.8 Å². The molecule has 2 aromatic rings. The van der Waals surface area contributed by atoms with Gasteiger partial charge < -0.3 is 9.80 Å². The van der Waals surface area contributed by atoms with Crippen molar-refractivity contribution < 1.29 is 12.8 Å². The molecule has 3 unspecified atom stereocenters. The smallest absolute Gasteiger partial charge is 0.211 e. The standard InChI is InChI=1S/C26H35FN4O2S/c1-28(2)25-18-30(24-12-9-20-5-4-6-23(27)26(20)24)17-22(25)19-7-10-21(11-8-19)29-13-15-31(16-14-29)34(3,32)33/h4-8,10-11,22,24-25H,9,12-18H2,1-3H3. The number of piperazine rings is 1. The van der Waals surface area contributed by atoms with Gasteiger partial charge >= 0.3 is 0 Å². The van der Waals surface area contributed by atoms with Gasteiger partial charge in [0.25, 0.3) is 0 Å². The van der Waals surface area contributed by atoms with Crippen molar-refractivity contribution in [2.24, 2.45) is 0 Å². The van der Waals surface area contributed by atoms with Crippen molar-refractivity contribution in [1.82, 2.24) is 14.1 Å². The number of aryl methyl sites for hydroxylation is 1. The third-order valence-electron chi connectivity index (χ3n) is 7.98. The summed E-state index contributed by atoms with van der Waals surface area (Å²) in [6, 6.07) is 14.8. The van der Waals surface area contributed by atoms with Crippen LogP contribution in [0.3, 0.4) is 0 Å². The highest BCUT2D eigenvalue weighted by Gasteiger charge is 2.41. The summed E-state index contributed by atoms with van der Waals surface area (Å²) in [4.78, 5) is 7.05. The lowest BCUT2D eigenvalue weighted by Crippen LogP contribution is -2.48. The monoisotopic (exact) mass is 486 g/mol. The van der Waals surface area contributed by atoms with Crippen LogP contribution in [0.25, 0.3) is 0 Å². The SMILES string of the molecule is CN(C)C1CN(C2CCc3cccc(F)c32)CC1c1ccc(N2CCN(S(C)(=O)=O)CC2)cc1. The molecule has 184 valence electrons. The molecule has 34 heavy (non-hydrogen) atoms. The Kier molecular flexibility index (Phi) is 6.44. The molecular formula is C26H35FN4O2S. The van der Waals surface area contributed by atoms with Crippen LogP contribution in [-0.2, 0) is 16.4 Å². The first-order valence-electron chi connectivity index (χ1n) is 12.2. The van der Waals surface area contributed by atoms with Crippen molar-refractivity contribution in [1.29, 1.82) is 0 Å². The normalized spacial score (nSPS) is 26.4. The summed E-state index contributed by atoms with van der Waals surface area (Å²) in [7, 11) is 1.15. The highest BCUT2D eigenvalue weighted by atomic mass is 32.2. The molecule has 2 aliphatic heterocycles. The summed E-state index contributed by atoms with van der Waals surface area (Å²) in [5.41, 5.74) is 4.52. The lowest BCUT2D eigenvalue weighted by Gasteiger charge is -2.35. The number of likely N-dealkylation sites (tertiary alicyclic amines) is 1. The highest BCUT2D eigenvalue weighted by Crippen LogP contribution is 2.42. The molecule has 2 heterocycles. The quantitative estimate of drug-likeness (QED) is 0.651. The molecule has 6 nitrogen and oxygen atoms in total. The fourth-order valence-corrected chi connectivity index (χ4v) is 6.93. The van der Waals surface area contributed by atoms with Crippen LogP contribution in [0.4, 0.5) is 10.1 Å². The molecule has 2 aromatic carbocycles. The van der Waals surface area contributed by atoms with Gasteiger partial charge in [0, 0.05) is 68.5 Å². The Morgan fingerprint density at radius 3 is 2.32 bits per heavy atom. The summed E-state index contributed by atoms with van der Waals surface area (Å²) in [5, 5.41) is 0. The van der Waals surface area contributed by atoms with Crippen molar-refractivity contribution >= 4 is 15.7 Å². The minimum Gasteiger partial charge on any atom is -0.369 e. The maximum absolute atomic E-state index is 14.7. The zero-order chi connectivity index (χ0) is 24.0. The second kappa shape index (κ2) is 9.22. The number of fused-ring (bicyclic) bond motifs is 1. The van der Waals surface area contributed by atoms with Gasteiger partial charge in [0.05, 0.1) is 6.26 Å². The second-order valence-corrected chi connectivity index (χ2v) is 12.2. The fourth-order valence-electron chi connectivity index (χ4n) is 6.11. The minimum absolute atomic E-state index is 0.0647. The van der Waals surface area contributed by atoms with Crippen molar-refractivity contribution in [3.63, 3.8) is 0 Å². The molecule has 0 N–H and O–H groups in total. The summed E-state index contributed by atoms with van der Waals surface area (Å²) in [6.45, 7) is 4.33. The molecule has 0 radical (unpaired) electrons. The van der Waals surface area contributed by atoms with Gasteiger partial charge in [0.1, 0.15) is 5.82 Å². The van der Waals surface area contributed by atoms with Gasteiger partial charge in [-0.15, -0.1) is 0 Å². The predicted octanol–water partition coefficient (Wildman–Crippen LogP) is 2.92. The van der Waals surface area contributed by atoms with E-state index >= 15 is 0 Å². The third-order valence-corrected chi connectivity index (χ3v) is 9.28. The van der Waals surface area contributed by atoms with E-state index in [0.29, 0.717) is 38.1 Å². The van der Waals surface area contributed by atoms with Crippen LogP contribution in [0.5, 0.6) is 0 Å². The maximum Gasteiger partial charge on any atom is 0.211 e. The van der Waals surface area contributed by atoms with E-state index in [1.54, 1.807) is 10.4 Å². The minimum atomic E-state index is -3.12. The number of hydrogen-bond donors (Lipinski definition) is 0. The van der Waals surface area contributed by atoms with Crippen molar-refractivity contribution in [3.8, 4) is 0 Å². The van der Waals surface area contributed by atoms with Crippen LogP contribution >= 0.6 is 0 Å². The fraction of sp³-hybridized carbons (Fsp3) is 0.538. The molecule has 5 rings (SSSR count). The molecule has 0 aromatic heterocycles. The van der Waals surface area contributed by atoms with E-state index < -0.39 is 10.0 Å². The first-order chi connectivity index (χ1) is 16.2. The van der Waals surface area contributed by atoms with Crippen molar-refractivity contribution in [2.45, 2.75) is 30.8 Å². The Bertz CT molecular complexity index is 1130. The van der Waals surface area contributed by atoms with E-state index in [1.807, 2.05) is 6.07 Å². The first kappa shape index (κ1) is 23.7. The van der Waals surface area contributed by atoms with Gasteiger partial charge in [0.2, 0.25) is 10.0 Å². The van der Waals surface area contributed by atoms with Gasteiger partial charge in [-0.25, -0.2) is 12.8 Å². The Labute approximate surface area is 203 Å². The van der Waals surface area contributed by atoms with Gasteiger partial charge in [-0.3, -0.25) is 4.90 Å². The van der Waals surface area contributed by atoms with Crippen LogP contribution in [0.2, 0.25) is 0 Å². The van der Waals surface area contributed by atoms with Gasteiger partial charge in [-0.2, -0.15) is 4.31 Å². The first-order valence-corrected chi connectivity index (χ1v) is 14.0. The number of likely N-dealkylation sites (N-methyl/N-ethyl adjacent to an activating group) is 1. The number of nitrogens with zero attached hydrogens (tertiary/aromatic N) is 4. The van der Waals surface area contributed by atoms with Crippen LogP contribution in [0.15, 0.2) is 42.5 Å². The predicted molar refractivity (Wildman–Crippen MR) is 134 cm³/mol. The summed E-state index contributed by atoms with van der Waals surface area (Å²) in [5.74, 6) is 0.298. The molecule has 1 aliphatic carbocycles. The molecule has 0 saturated carbocycles. The number of sulfonamides is 1. The van der Waals surface area contributed by atoms with E-state index in [-0.39, 0.29) is 11.9 Å². The van der Waals surface area contributed by atoms with E-state index in [1.165, 1.54) is 11.8 Å². The van der Waals surface area contributed by atoms with E-state index in [2.05, 4.69) is 59.1 Å². The number of anilines is 1. The molecule has 3 atom stereocenters. The largest absolute Gasteiger partial charge is 0.369 e. The van der Waals surface area contributed by atoms with Gasteiger partial charge in [0.15, 0.2) is 0 Å². The summed E-state index contributed by atoms with van der Waals surface area (Å²) in [6.07, 6.45) is 3.22. The topological polar surface area (TPSA) is 47.1 Å². The third kappa shape index (κ3) is 4.49. The molecule has 3 aliphatic rings. The molecule has 0 spiro atoms. The average Bonchev–Trinajstić information content (AvgIpc) is 3.44. The Balaban J connectivity index is 1.31. The number of hydrogen-bond acceptors (Lipinski definition) is 5. The van der Waals surface area contributed by atoms with Crippen LogP contribution < -0.4 is 4.90 Å². The molecule has 0 amide bonds. The van der Waals surface area contributed by atoms with Crippen molar-refractivity contribution in [3.05, 3.63) is 65.0 Å². The van der Waals surface area contributed by atoms with Crippen molar-refractivity contribution in [2.75, 3.05) is 64.5 Å². The van der Waals surface area contributed by atoms with Crippen LogP contribution in [0.1, 0.15) is 35.1 Å². The van der Waals surface area contributed by atoms with Gasteiger partial charge in [-0.1, -0.05) is 24.3 Å². The maximum atomic E-state index is 14.7. The molecular weight excluding hydrogens is 451 g/mol. The van der Waals surface area contributed by atoms with Crippen LogP contribution in [0, 0.1) is 5.82 Å². The molecule has 2 fully saturated rings. The zero-order valence-electron chi connectivity index (χ0n) is 20.3. The van der Waals surface area contributed by atoms with E-state index in [0.717, 1.165) is 42.7 Å². The second-order valence-electron chi connectivity index (χ2n) is 10.2. The number of benzene rings is 2. The van der Waals surface area contributed by atoms with Gasteiger partial charge in [-0.05, 0) is 56.3 Å². The summed E-state index contributed by atoms with van der Waals surface area (Å²) >= 11 is 0. The Morgan fingerprint density at radius 2 is 1.68 bits per heavy atom. The number of rotatable bonds is 5. The number of halogens is 1. The summed E-state index contributed by atoms with van der Waals surface area (Å²) < 4.78 is 39.8. The van der Waals surface area contributed by atoms with Crippen LogP contribution in [-0.4, -0.2) is 88.2 Å². The lowest BCUT2D eigenvalue weighted by molar-refractivity contribution is 0.213. The molecule has 0 bridgehead atoms. The Morgan fingerprint density at radius 1 is 0.971 bits per heavy atom. The molecule has 2 saturated heterocycles. The lowest BCUT2D eigenvalue weighted by atomic mass is 9.93. The molecule has 8 heteroatoms. The highest BCUT2D eigenvalue weighted by molar-refractivity contribution is 7.88. The zero-order valence-corrected chi connectivity index (χ0v) is 21.1. The van der Waals surface area contributed by atoms with E-state index in [4.69, 9.17) is 0 Å². The average molecular weight is 487 g/mol. The Hall–Kier alpha value is -2.00.